The molecule has 1 unspecified atom stereocenters. The van der Waals surface area contributed by atoms with Gasteiger partial charge in [0.1, 0.15) is 23.0 Å². The number of nitriles is 1. The summed E-state index contributed by atoms with van der Waals surface area (Å²) in [5, 5.41) is 10.6. The Morgan fingerprint density at radius 3 is 2.67 bits per heavy atom. The first kappa shape index (κ1) is 17.8. The molecule has 0 aliphatic carbocycles. The van der Waals surface area contributed by atoms with Crippen molar-refractivity contribution < 1.29 is 13.9 Å². The number of nitrogens with zero attached hydrogens (tertiary/aromatic N) is 2. The minimum Gasteiger partial charge on any atom is -0.440 e. The van der Waals surface area contributed by atoms with E-state index in [0.29, 0.717) is 28.0 Å². The molecule has 3 aromatic rings. The molecule has 7 nitrogen and oxygen atoms in total. The van der Waals surface area contributed by atoms with Crippen molar-refractivity contribution in [2.24, 2.45) is 5.73 Å². The Bertz CT molecular complexity index is 1400. The highest BCUT2D eigenvalue weighted by molar-refractivity contribution is 6.18. The van der Waals surface area contributed by atoms with Crippen LogP contribution in [0.1, 0.15) is 11.1 Å². The van der Waals surface area contributed by atoms with Crippen LogP contribution in [0.5, 0.6) is 5.75 Å². The second-order valence-electron chi connectivity index (χ2n) is 7.01. The van der Waals surface area contributed by atoms with E-state index >= 15 is 0 Å². The van der Waals surface area contributed by atoms with Crippen LogP contribution in [0.2, 0.25) is 0 Å². The molecule has 1 amide bonds. The van der Waals surface area contributed by atoms with Crippen LogP contribution in [0.4, 0.5) is 5.69 Å². The van der Waals surface area contributed by atoms with Gasteiger partial charge in [0.2, 0.25) is 11.8 Å². The molecule has 2 aliphatic heterocycles. The standard InChI is InChI=1S/C23H15N3O4/c1-2-11-26-19-13-7-3-5-9-16(13)30-21(27)18(19)23(22(26)28)14-8-4-6-10-17(14)29-20(25)15(23)12-24/h2-10H,1,11,25H2. The molecule has 2 N–H and O–H groups in total. The number of rotatable bonds is 2. The summed E-state index contributed by atoms with van der Waals surface area (Å²) < 4.78 is 11.2. The average Bonchev–Trinajstić information content (AvgIpc) is 2.99. The second-order valence-corrected chi connectivity index (χ2v) is 7.01. The van der Waals surface area contributed by atoms with Crippen LogP contribution >= 0.6 is 0 Å². The van der Waals surface area contributed by atoms with Crippen molar-refractivity contribution in [3.8, 4) is 11.8 Å². The quantitative estimate of drug-likeness (QED) is 0.526. The molecule has 0 radical (unpaired) electrons. The van der Waals surface area contributed by atoms with Gasteiger partial charge in [-0.1, -0.05) is 36.4 Å². The third-order valence-corrected chi connectivity index (χ3v) is 5.55. The molecule has 0 saturated carbocycles. The lowest BCUT2D eigenvalue weighted by Gasteiger charge is -2.33. The summed E-state index contributed by atoms with van der Waals surface area (Å²) in [5.41, 5.74) is 4.64. The fraction of sp³-hybridized carbons (Fsp3) is 0.0870. The van der Waals surface area contributed by atoms with E-state index in [1.54, 1.807) is 54.6 Å². The summed E-state index contributed by atoms with van der Waals surface area (Å²) >= 11 is 0. The van der Waals surface area contributed by atoms with Crippen molar-refractivity contribution in [1.29, 1.82) is 5.26 Å². The molecule has 3 heterocycles. The minimum atomic E-state index is -1.75. The van der Waals surface area contributed by atoms with Crippen molar-refractivity contribution in [1.82, 2.24) is 0 Å². The molecule has 0 bridgehead atoms. The van der Waals surface area contributed by atoms with Crippen molar-refractivity contribution >= 4 is 22.6 Å². The zero-order valence-corrected chi connectivity index (χ0v) is 15.7. The fourth-order valence-corrected chi connectivity index (χ4v) is 4.43. The molecule has 1 atom stereocenters. The van der Waals surface area contributed by atoms with E-state index in [0.717, 1.165) is 0 Å². The Morgan fingerprint density at radius 2 is 1.90 bits per heavy atom. The largest absolute Gasteiger partial charge is 0.440 e. The van der Waals surface area contributed by atoms with Crippen LogP contribution in [0.3, 0.4) is 0 Å². The van der Waals surface area contributed by atoms with Crippen LogP contribution in [-0.2, 0) is 10.2 Å². The van der Waals surface area contributed by atoms with Crippen LogP contribution in [0, 0.1) is 11.3 Å². The Morgan fingerprint density at radius 1 is 1.17 bits per heavy atom. The van der Waals surface area contributed by atoms with Crippen molar-refractivity contribution in [3.05, 3.63) is 94.2 Å². The van der Waals surface area contributed by atoms with Crippen molar-refractivity contribution in [2.75, 3.05) is 11.4 Å². The smallest absolute Gasteiger partial charge is 0.343 e. The molecule has 1 spiro atoms. The summed E-state index contributed by atoms with van der Waals surface area (Å²) in [6.07, 6.45) is 1.56. The topological polar surface area (TPSA) is 110 Å². The van der Waals surface area contributed by atoms with E-state index in [-0.39, 0.29) is 23.6 Å². The predicted molar refractivity (Wildman–Crippen MR) is 110 cm³/mol. The van der Waals surface area contributed by atoms with E-state index in [9.17, 15) is 14.9 Å². The first-order chi connectivity index (χ1) is 14.6. The lowest BCUT2D eigenvalue weighted by Crippen LogP contribution is -2.47. The Kier molecular flexibility index (Phi) is 3.61. The molecule has 30 heavy (non-hydrogen) atoms. The Hall–Kier alpha value is -4.31. The number of hydrogen-bond donors (Lipinski definition) is 1. The van der Waals surface area contributed by atoms with Gasteiger partial charge in [-0.05, 0) is 18.2 Å². The number of hydrogen-bond acceptors (Lipinski definition) is 6. The third-order valence-electron chi connectivity index (χ3n) is 5.55. The number of ether oxygens (including phenoxy) is 1. The first-order valence-corrected chi connectivity index (χ1v) is 9.22. The number of benzene rings is 2. The maximum atomic E-state index is 14.0. The van der Waals surface area contributed by atoms with Crippen molar-refractivity contribution in [2.45, 2.75) is 5.41 Å². The van der Waals surface area contributed by atoms with Crippen LogP contribution in [0.25, 0.3) is 11.0 Å². The second kappa shape index (κ2) is 6.09. The van der Waals surface area contributed by atoms with Gasteiger partial charge >= 0.3 is 5.63 Å². The van der Waals surface area contributed by atoms with Gasteiger partial charge in [-0.2, -0.15) is 5.26 Å². The highest BCUT2D eigenvalue weighted by Crippen LogP contribution is 2.55. The molecule has 5 rings (SSSR count). The van der Waals surface area contributed by atoms with Gasteiger partial charge in [0, 0.05) is 17.5 Å². The normalized spacial score (nSPS) is 19.4. The highest BCUT2D eigenvalue weighted by Gasteiger charge is 2.61. The Labute approximate surface area is 170 Å². The van der Waals surface area contributed by atoms with Crippen LogP contribution < -0.4 is 21.0 Å². The number of anilines is 1. The van der Waals surface area contributed by atoms with Gasteiger partial charge < -0.3 is 19.8 Å². The number of amides is 1. The van der Waals surface area contributed by atoms with Gasteiger partial charge in [-0.15, -0.1) is 6.58 Å². The van der Waals surface area contributed by atoms with E-state index in [1.165, 1.54) is 4.90 Å². The van der Waals surface area contributed by atoms with E-state index < -0.39 is 16.9 Å². The van der Waals surface area contributed by atoms with Crippen molar-refractivity contribution in [3.63, 3.8) is 0 Å². The monoisotopic (exact) mass is 397 g/mol. The summed E-state index contributed by atoms with van der Waals surface area (Å²) in [6, 6.07) is 15.7. The molecular formula is C23H15N3O4. The third kappa shape index (κ3) is 1.97. The molecule has 1 aromatic heterocycles. The van der Waals surface area contributed by atoms with E-state index in [1.807, 2.05) is 6.07 Å². The fourth-order valence-electron chi connectivity index (χ4n) is 4.43. The Balaban J connectivity index is 2.03. The summed E-state index contributed by atoms with van der Waals surface area (Å²) in [5.74, 6) is -0.388. The number of nitrogens with two attached hydrogens (primary N) is 1. The number of carbonyl (C=O) groups is 1. The lowest BCUT2D eigenvalue weighted by molar-refractivity contribution is -0.120. The molecule has 0 fully saturated rings. The number of fused-ring (bicyclic) bond motifs is 6. The van der Waals surface area contributed by atoms with Gasteiger partial charge in [0.05, 0.1) is 11.3 Å². The average molecular weight is 397 g/mol. The first-order valence-electron chi connectivity index (χ1n) is 9.22. The predicted octanol–water partition coefficient (Wildman–Crippen LogP) is 2.70. The summed E-state index contributed by atoms with van der Waals surface area (Å²) in [6.45, 7) is 3.89. The van der Waals surface area contributed by atoms with Gasteiger partial charge in [0.15, 0.2) is 5.41 Å². The summed E-state index contributed by atoms with van der Waals surface area (Å²) in [7, 11) is 0. The number of carbonyl (C=O) groups excluding carboxylic acids is 1. The van der Waals surface area contributed by atoms with E-state index in [2.05, 4.69) is 6.58 Å². The van der Waals surface area contributed by atoms with E-state index in [4.69, 9.17) is 14.9 Å². The van der Waals surface area contributed by atoms with Gasteiger partial charge in [-0.3, -0.25) is 4.79 Å². The lowest BCUT2D eigenvalue weighted by atomic mass is 9.69. The van der Waals surface area contributed by atoms with Crippen LogP contribution in [0.15, 0.2) is 81.9 Å². The molecule has 146 valence electrons. The minimum absolute atomic E-state index is 0.0586. The SMILES string of the molecule is C=CCN1C(=O)C2(C(C#N)=C(N)Oc3ccccc32)c2c1c1ccccc1oc2=O. The molecule has 7 heteroatoms. The zero-order chi connectivity index (χ0) is 21.0. The zero-order valence-electron chi connectivity index (χ0n) is 15.7. The number of para-hydroxylation sites is 2. The maximum absolute atomic E-state index is 14.0. The molecule has 2 aromatic carbocycles. The highest BCUT2D eigenvalue weighted by atomic mass is 16.5. The van der Waals surface area contributed by atoms with Gasteiger partial charge in [-0.25, -0.2) is 4.79 Å². The molecule has 2 aliphatic rings. The molecule has 0 saturated heterocycles. The molecular weight excluding hydrogens is 382 g/mol. The van der Waals surface area contributed by atoms with Crippen LogP contribution in [-0.4, -0.2) is 12.5 Å². The summed E-state index contributed by atoms with van der Waals surface area (Å²) in [4.78, 5) is 28.7. The maximum Gasteiger partial charge on any atom is 0.343 e. The van der Waals surface area contributed by atoms with Gasteiger partial charge in [0.25, 0.3) is 0 Å².